The van der Waals surface area contributed by atoms with Gasteiger partial charge in [-0.05, 0) is 68.9 Å². The molecular formula is C31H37N5O2. The van der Waals surface area contributed by atoms with Gasteiger partial charge in [-0.15, -0.1) is 0 Å². The fourth-order valence-corrected chi connectivity index (χ4v) is 6.31. The molecule has 38 heavy (non-hydrogen) atoms. The van der Waals surface area contributed by atoms with E-state index in [2.05, 4.69) is 44.7 Å². The van der Waals surface area contributed by atoms with Crippen LogP contribution >= 0.6 is 0 Å². The number of anilines is 1. The first kappa shape index (κ1) is 24.9. The minimum absolute atomic E-state index is 0.0124. The molecule has 0 aromatic carbocycles. The molecule has 2 aliphatic heterocycles. The van der Waals surface area contributed by atoms with E-state index >= 15 is 0 Å². The number of carbonyl (C=O) groups is 1. The third kappa shape index (κ3) is 4.16. The Kier molecular flexibility index (Phi) is 5.99. The van der Waals surface area contributed by atoms with Crippen LogP contribution < -0.4 is 4.90 Å². The Balaban J connectivity index is 1.36. The average Bonchev–Trinajstić information content (AvgIpc) is 3.68. The number of amides is 1. The summed E-state index contributed by atoms with van der Waals surface area (Å²) in [6.45, 7) is 13.0. The Morgan fingerprint density at radius 3 is 2.71 bits per heavy atom. The van der Waals surface area contributed by atoms with E-state index in [1.165, 1.54) is 0 Å². The minimum Gasteiger partial charge on any atom is -0.370 e. The predicted octanol–water partition coefficient (Wildman–Crippen LogP) is 5.23. The maximum absolute atomic E-state index is 14.0. The van der Waals surface area contributed by atoms with Crippen LogP contribution in [0.25, 0.3) is 5.52 Å². The topological polar surface area (TPSA) is 73.9 Å². The monoisotopic (exact) mass is 511 g/mol. The van der Waals surface area contributed by atoms with Gasteiger partial charge >= 0.3 is 0 Å². The third-order valence-electron chi connectivity index (χ3n) is 8.53. The zero-order valence-electron chi connectivity index (χ0n) is 23.1. The highest BCUT2D eigenvalue weighted by atomic mass is 16.5. The second-order valence-corrected chi connectivity index (χ2v) is 12.2. The van der Waals surface area contributed by atoms with E-state index in [4.69, 9.17) is 9.72 Å². The number of hydrogen-bond donors (Lipinski definition) is 0. The summed E-state index contributed by atoms with van der Waals surface area (Å²) in [6, 6.07) is 10.6. The molecule has 198 valence electrons. The van der Waals surface area contributed by atoms with E-state index in [0.717, 1.165) is 52.3 Å². The van der Waals surface area contributed by atoms with Crippen LogP contribution in [0.3, 0.4) is 0 Å². The van der Waals surface area contributed by atoms with Gasteiger partial charge in [0, 0.05) is 49.2 Å². The molecule has 0 radical (unpaired) electrons. The summed E-state index contributed by atoms with van der Waals surface area (Å²) in [5.41, 5.74) is 6.53. The van der Waals surface area contributed by atoms with Gasteiger partial charge < -0.3 is 18.9 Å². The van der Waals surface area contributed by atoms with Gasteiger partial charge in [0.25, 0.3) is 5.91 Å². The number of aryl methyl sites for hydroxylation is 1. The summed E-state index contributed by atoms with van der Waals surface area (Å²) in [7, 11) is 0. The molecule has 7 heteroatoms. The van der Waals surface area contributed by atoms with Crippen molar-refractivity contribution in [3.05, 3.63) is 64.1 Å². The SMILES string of the molecule is Cc1cc2ccccn2c1C(=O)N1CCN(c2nc(C3CC3)c3c(c2C#N)CC(C)(C)OC3)C[C@H]1C(C)C. The van der Waals surface area contributed by atoms with E-state index in [0.29, 0.717) is 44.1 Å². The highest BCUT2D eigenvalue weighted by Gasteiger charge is 2.40. The Labute approximate surface area is 225 Å². The van der Waals surface area contributed by atoms with Gasteiger partial charge in [-0.25, -0.2) is 4.98 Å². The van der Waals surface area contributed by atoms with Gasteiger partial charge in [0.05, 0.1) is 29.5 Å². The Morgan fingerprint density at radius 1 is 1.21 bits per heavy atom. The molecule has 3 aliphatic rings. The normalized spacial score (nSPS) is 21.0. The maximum atomic E-state index is 14.0. The number of nitrogens with zero attached hydrogens (tertiary/aromatic N) is 5. The fraction of sp³-hybridized carbons (Fsp3) is 0.516. The molecular weight excluding hydrogens is 474 g/mol. The smallest absolute Gasteiger partial charge is 0.271 e. The molecule has 3 aromatic heterocycles. The van der Waals surface area contributed by atoms with Crippen molar-refractivity contribution in [3.63, 3.8) is 0 Å². The summed E-state index contributed by atoms with van der Waals surface area (Å²) in [6.07, 6.45) is 4.98. The molecule has 0 N–H and O–H groups in total. The standard InChI is InChI=1S/C31H37N5O2/c1-19(2)26-17-34(12-13-36(26)30(37)28-20(3)14-22-8-6-7-11-35(22)28)29-24(16-32)23-15-31(4,5)38-18-25(23)27(33-29)21-9-10-21/h6-8,11,14,19,21,26H,9-10,12-13,15,17-18H2,1-5H3/t26-/m0/s1. The van der Waals surface area contributed by atoms with Crippen LogP contribution in [0.2, 0.25) is 0 Å². The molecule has 1 saturated carbocycles. The van der Waals surface area contributed by atoms with Gasteiger partial charge in [-0.1, -0.05) is 19.9 Å². The number of aromatic nitrogens is 2. The van der Waals surface area contributed by atoms with Crippen molar-refractivity contribution in [1.29, 1.82) is 5.26 Å². The number of ether oxygens (including phenoxy) is 1. The Hall–Kier alpha value is -3.37. The van der Waals surface area contributed by atoms with Crippen LogP contribution in [0.15, 0.2) is 30.5 Å². The van der Waals surface area contributed by atoms with Crippen molar-refractivity contribution in [2.24, 2.45) is 5.92 Å². The molecule has 6 rings (SSSR count). The van der Waals surface area contributed by atoms with Crippen molar-refractivity contribution in [3.8, 4) is 6.07 Å². The molecule has 0 bridgehead atoms. The van der Waals surface area contributed by atoms with Gasteiger partial charge in [0.2, 0.25) is 0 Å². The molecule has 5 heterocycles. The fourth-order valence-electron chi connectivity index (χ4n) is 6.31. The lowest BCUT2D eigenvalue weighted by Crippen LogP contribution is -2.58. The Morgan fingerprint density at radius 2 is 2.00 bits per heavy atom. The second kappa shape index (κ2) is 9.13. The number of hydrogen-bond acceptors (Lipinski definition) is 5. The van der Waals surface area contributed by atoms with Crippen LogP contribution in [0.4, 0.5) is 5.82 Å². The van der Waals surface area contributed by atoms with Crippen LogP contribution in [-0.2, 0) is 17.8 Å². The van der Waals surface area contributed by atoms with E-state index in [-0.39, 0.29) is 23.5 Å². The number of pyridine rings is 2. The summed E-state index contributed by atoms with van der Waals surface area (Å²) < 4.78 is 8.16. The van der Waals surface area contributed by atoms with Crippen molar-refractivity contribution >= 4 is 17.2 Å². The molecule has 3 aromatic rings. The third-order valence-corrected chi connectivity index (χ3v) is 8.53. The molecule has 7 nitrogen and oxygen atoms in total. The maximum Gasteiger partial charge on any atom is 0.271 e. The molecule has 2 fully saturated rings. The van der Waals surface area contributed by atoms with Crippen LogP contribution in [0.5, 0.6) is 0 Å². The number of fused-ring (bicyclic) bond motifs is 2. The molecule has 1 aliphatic carbocycles. The van der Waals surface area contributed by atoms with Crippen LogP contribution in [0, 0.1) is 24.2 Å². The number of carbonyl (C=O) groups excluding carboxylic acids is 1. The highest BCUT2D eigenvalue weighted by molar-refractivity contribution is 5.96. The lowest BCUT2D eigenvalue weighted by molar-refractivity contribution is -0.0407. The van der Waals surface area contributed by atoms with Crippen LogP contribution in [0.1, 0.15) is 84.9 Å². The zero-order chi connectivity index (χ0) is 26.8. The molecule has 0 unspecified atom stereocenters. The summed E-state index contributed by atoms with van der Waals surface area (Å²) in [4.78, 5) is 23.5. The summed E-state index contributed by atoms with van der Waals surface area (Å²) in [5, 5.41) is 10.4. The largest absolute Gasteiger partial charge is 0.370 e. The van der Waals surface area contributed by atoms with Crippen molar-refractivity contribution in [1.82, 2.24) is 14.3 Å². The van der Waals surface area contributed by atoms with Crippen molar-refractivity contribution in [2.75, 3.05) is 24.5 Å². The van der Waals surface area contributed by atoms with Gasteiger partial charge in [-0.2, -0.15) is 5.26 Å². The molecule has 1 amide bonds. The van der Waals surface area contributed by atoms with Gasteiger partial charge in [-0.3, -0.25) is 4.79 Å². The van der Waals surface area contributed by atoms with E-state index in [9.17, 15) is 10.1 Å². The van der Waals surface area contributed by atoms with E-state index in [1.54, 1.807) is 0 Å². The van der Waals surface area contributed by atoms with Gasteiger partial charge in [0.1, 0.15) is 17.6 Å². The number of rotatable bonds is 4. The first-order chi connectivity index (χ1) is 18.2. The van der Waals surface area contributed by atoms with Crippen molar-refractivity contribution < 1.29 is 9.53 Å². The van der Waals surface area contributed by atoms with Crippen molar-refractivity contribution in [2.45, 2.75) is 78.0 Å². The predicted molar refractivity (Wildman–Crippen MR) is 148 cm³/mol. The Bertz CT molecular complexity index is 1460. The summed E-state index contributed by atoms with van der Waals surface area (Å²) in [5.74, 6) is 1.59. The second-order valence-electron chi connectivity index (χ2n) is 12.2. The minimum atomic E-state index is -0.304. The lowest BCUT2D eigenvalue weighted by atomic mass is 9.87. The average molecular weight is 512 g/mol. The van der Waals surface area contributed by atoms with Gasteiger partial charge in [0.15, 0.2) is 0 Å². The summed E-state index contributed by atoms with van der Waals surface area (Å²) >= 11 is 0. The first-order valence-corrected chi connectivity index (χ1v) is 13.9. The quantitative estimate of drug-likeness (QED) is 0.480. The first-order valence-electron chi connectivity index (χ1n) is 13.9. The zero-order valence-corrected chi connectivity index (χ0v) is 23.1. The molecule has 1 atom stereocenters. The lowest BCUT2D eigenvalue weighted by Gasteiger charge is -2.44. The van der Waals surface area contributed by atoms with E-state index in [1.807, 2.05) is 40.6 Å². The molecule has 0 spiro atoms. The highest BCUT2D eigenvalue weighted by Crippen LogP contribution is 2.46. The molecule has 1 saturated heterocycles. The van der Waals surface area contributed by atoms with Crippen LogP contribution in [-0.4, -0.2) is 51.5 Å². The number of nitriles is 1. The van der Waals surface area contributed by atoms with E-state index < -0.39 is 0 Å². The number of piperazine rings is 1.